The van der Waals surface area contributed by atoms with E-state index in [0.717, 1.165) is 12.8 Å². The van der Waals surface area contributed by atoms with Crippen LogP contribution in [-0.2, 0) is 19.1 Å². The second kappa shape index (κ2) is 8.87. The maximum absolute atomic E-state index is 11.9. The molecule has 0 radical (unpaired) electrons. The summed E-state index contributed by atoms with van der Waals surface area (Å²) in [5, 5.41) is 3.67. The summed E-state index contributed by atoms with van der Waals surface area (Å²) in [6.07, 6.45) is 4.59. The number of carbonyl (C=O) groups is 3. The summed E-state index contributed by atoms with van der Waals surface area (Å²) < 4.78 is 4.87. The van der Waals surface area contributed by atoms with Crippen LogP contribution in [0.15, 0.2) is 24.3 Å². The zero-order valence-electron chi connectivity index (χ0n) is 13.6. The molecule has 0 bridgehead atoms. The third-order valence-electron chi connectivity index (χ3n) is 3.45. The van der Waals surface area contributed by atoms with Gasteiger partial charge in [0, 0.05) is 29.2 Å². The first-order valence-corrected chi connectivity index (χ1v) is 8.44. The van der Waals surface area contributed by atoms with Crippen LogP contribution in [0.5, 0.6) is 0 Å². The Balaban J connectivity index is 1.75. The molecule has 1 aromatic carbocycles. The van der Waals surface area contributed by atoms with E-state index >= 15 is 0 Å². The van der Waals surface area contributed by atoms with Crippen LogP contribution in [0.4, 0.5) is 0 Å². The van der Waals surface area contributed by atoms with Gasteiger partial charge in [-0.15, -0.1) is 0 Å². The second-order valence-electron chi connectivity index (χ2n) is 5.70. The minimum absolute atomic E-state index is 0.0664. The first-order valence-electron chi connectivity index (χ1n) is 7.68. The minimum Gasteiger partial charge on any atom is -0.452 e. The Kier molecular flexibility index (Phi) is 6.84. The maximum atomic E-state index is 11.9. The third-order valence-corrected chi connectivity index (χ3v) is 4.01. The summed E-state index contributed by atoms with van der Waals surface area (Å²) in [5.74, 6) is -1.37. The third kappa shape index (κ3) is 6.76. The number of likely N-dealkylation sites (N-methyl/N-ethyl adjacent to an activating group) is 1. The molecule has 1 aromatic rings. The summed E-state index contributed by atoms with van der Waals surface area (Å²) in [5.41, 5.74) is 0.600. The SMILES string of the molecule is CN(CC(=O)NC1CC1)C(=O)COC(=O)/C=C/c1ccc(Cl)cc1Cl. The molecular formula is C17H18Cl2N2O4. The summed E-state index contributed by atoms with van der Waals surface area (Å²) in [6.45, 7) is -0.506. The Bertz CT molecular complexity index is 702. The van der Waals surface area contributed by atoms with Crippen LogP contribution >= 0.6 is 23.2 Å². The van der Waals surface area contributed by atoms with Gasteiger partial charge in [0.05, 0.1) is 6.54 Å². The van der Waals surface area contributed by atoms with Crippen LogP contribution in [0.1, 0.15) is 18.4 Å². The minimum atomic E-state index is -0.685. The molecule has 1 aliphatic rings. The van der Waals surface area contributed by atoms with E-state index in [1.54, 1.807) is 18.2 Å². The van der Waals surface area contributed by atoms with Gasteiger partial charge in [-0.3, -0.25) is 9.59 Å². The lowest BCUT2D eigenvalue weighted by Gasteiger charge is -2.16. The van der Waals surface area contributed by atoms with Gasteiger partial charge in [-0.25, -0.2) is 4.79 Å². The van der Waals surface area contributed by atoms with Crippen molar-refractivity contribution in [3.05, 3.63) is 39.9 Å². The van der Waals surface area contributed by atoms with Crippen LogP contribution in [0.25, 0.3) is 6.08 Å². The standard InChI is InChI=1S/C17H18Cl2N2O4/c1-21(9-15(22)20-13-5-6-13)16(23)10-25-17(24)7-3-11-2-4-12(18)8-14(11)19/h2-4,7-8,13H,5-6,9-10H2,1H3,(H,20,22)/b7-3+. The van der Waals surface area contributed by atoms with Crippen LogP contribution in [0.2, 0.25) is 10.0 Å². The van der Waals surface area contributed by atoms with Gasteiger partial charge in [0.15, 0.2) is 6.61 Å². The van der Waals surface area contributed by atoms with Crippen molar-refractivity contribution < 1.29 is 19.1 Å². The fraction of sp³-hybridized carbons (Fsp3) is 0.353. The van der Waals surface area contributed by atoms with E-state index in [9.17, 15) is 14.4 Å². The number of nitrogens with zero attached hydrogens (tertiary/aromatic N) is 1. The smallest absolute Gasteiger partial charge is 0.331 e. The lowest BCUT2D eigenvalue weighted by Crippen LogP contribution is -2.40. The molecule has 0 saturated heterocycles. The predicted molar refractivity (Wildman–Crippen MR) is 95.3 cm³/mol. The van der Waals surface area contributed by atoms with Gasteiger partial charge in [0.1, 0.15) is 0 Å². The Morgan fingerprint density at radius 1 is 1.32 bits per heavy atom. The quantitative estimate of drug-likeness (QED) is 0.577. The maximum Gasteiger partial charge on any atom is 0.331 e. The van der Waals surface area contributed by atoms with Crippen molar-refractivity contribution in [1.29, 1.82) is 0 Å². The molecule has 0 atom stereocenters. The van der Waals surface area contributed by atoms with E-state index in [1.807, 2.05) is 0 Å². The highest BCUT2D eigenvalue weighted by Gasteiger charge is 2.24. The second-order valence-corrected chi connectivity index (χ2v) is 6.54. The molecule has 6 nitrogen and oxygen atoms in total. The molecule has 25 heavy (non-hydrogen) atoms. The molecule has 0 aliphatic heterocycles. The molecule has 1 fully saturated rings. The van der Waals surface area contributed by atoms with E-state index in [1.165, 1.54) is 24.1 Å². The monoisotopic (exact) mass is 384 g/mol. The van der Waals surface area contributed by atoms with Gasteiger partial charge in [0.2, 0.25) is 5.91 Å². The highest BCUT2D eigenvalue weighted by atomic mass is 35.5. The van der Waals surface area contributed by atoms with E-state index in [-0.39, 0.29) is 18.5 Å². The van der Waals surface area contributed by atoms with Crippen molar-refractivity contribution in [3.8, 4) is 0 Å². The molecule has 0 spiro atoms. The Morgan fingerprint density at radius 3 is 2.68 bits per heavy atom. The predicted octanol–water partition coefficient (Wildman–Crippen LogP) is 2.29. The van der Waals surface area contributed by atoms with Crippen molar-refractivity contribution in [2.24, 2.45) is 0 Å². The molecule has 1 N–H and O–H groups in total. The van der Waals surface area contributed by atoms with Gasteiger partial charge in [-0.1, -0.05) is 29.3 Å². The Labute approximate surface area is 155 Å². The molecule has 2 rings (SSSR count). The number of nitrogens with one attached hydrogen (secondary N) is 1. The van der Waals surface area contributed by atoms with Crippen molar-refractivity contribution in [2.45, 2.75) is 18.9 Å². The molecule has 1 aliphatic carbocycles. The number of carbonyl (C=O) groups excluding carboxylic acids is 3. The number of ether oxygens (including phenoxy) is 1. The lowest BCUT2D eigenvalue weighted by atomic mass is 10.2. The van der Waals surface area contributed by atoms with Crippen molar-refractivity contribution >= 4 is 47.1 Å². The molecule has 134 valence electrons. The number of rotatable bonds is 7. The lowest BCUT2D eigenvalue weighted by molar-refractivity contribution is -0.148. The first-order chi connectivity index (χ1) is 11.8. The fourth-order valence-corrected chi connectivity index (χ4v) is 2.36. The summed E-state index contributed by atoms with van der Waals surface area (Å²) in [4.78, 5) is 36.4. The summed E-state index contributed by atoms with van der Waals surface area (Å²) in [6, 6.07) is 5.09. The average molecular weight is 385 g/mol. The van der Waals surface area contributed by atoms with Crippen molar-refractivity contribution in [3.63, 3.8) is 0 Å². The van der Waals surface area contributed by atoms with E-state index in [2.05, 4.69) is 5.32 Å². The normalized spacial score (nSPS) is 13.6. The molecule has 8 heteroatoms. The van der Waals surface area contributed by atoms with Crippen LogP contribution in [0, 0.1) is 0 Å². The number of hydrogen-bond donors (Lipinski definition) is 1. The van der Waals surface area contributed by atoms with Gasteiger partial charge in [-0.05, 0) is 36.6 Å². The highest BCUT2D eigenvalue weighted by molar-refractivity contribution is 6.35. The molecule has 0 unspecified atom stereocenters. The molecular weight excluding hydrogens is 367 g/mol. The number of amides is 2. The number of halogens is 2. The van der Waals surface area contributed by atoms with Crippen LogP contribution in [-0.4, -0.2) is 48.9 Å². The number of hydrogen-bond acceptors (Lipinski definition) is 4. The van der Waals surface area contributed by atoms with Gasteiger partial charge in [0.25, 0.3) is 5.91 Å². The molecule has 2 amide bonds. The molecule has 1 saturated carbocycles. The first kappa shape index (κ1) is 19.3. The van der Waals surface area contributed by atoms with Gasteiger partial charge >= 0.3 is 5.97 Å². The van der Waals surface area contributed by atoms with E-state index < -0.39 is 18.5 Å². The zero-order chi connectivity index (χ0) is 18.4. The van der Waals surface area contributed by atoms with Crippen molar-refractivity contribution in [2.75, 3.05) is 20.2 Å². The van der Waals surface area contributed by atoms with Crippen molar-refractivity contribution in [1.82, 2.24) is 10.2 Å². The van der Waals surface area contributed by atoms with Crippen LogP contribution < -0.4 is 5.32 Å². The Morgan fingerprint density at radius 2 is 2.04 bits per heavy atom. The fourth-order valence-electron chi connectivity index (χ4n) is 1.89. The highest BCUT2D eigenvalue weighted by Crippen LogP contribution is 2.22. The van der Waals surface area contributed by atoms with Gasteiger partial charge in [-0.2, -0.15) is 0 Å². The Hall–Kier alpha value is -2.05. The van der Waals surface area contributed by atoms with Crippen LogP contribution in [0.3, 0.4) is 0 Å². The number of esters is 1. The zero-order valence-corrected chi connectivity index (χ0v) is 15.1. The topological polar surface area (TPSA) is 75.7 Å². The van der Waals surface area contributed by atoms with Gasteiger partial charge < -0.3 is 15.0 Å². The molecule has 0 aromatic heterocycles. The largest absolute Gasteiger partial charge is 0.452 e. The summed E-state index contributed by atoms with van der Waals surface area (Å²) >= 11 is 11.8. The van der Waals surface area contributed by atoms with E-state index in [4.69, 9.17) is 27.9 Å². The summed E-state index contributed by atoms with van der Waals surface area (Å²) in [7, 11) is 1.48. The number of benzene rings is 1. The van der Waals surface area contributed by atoms with E-state index in [0.29, 0.717) is 15.6 Å². The average Bonchev–Trinajstić information content (AvgIpc) is 3.35. The molecule has 0 heterocycles.